The second-order valence-electron chi connectivity index (χ2n) is 5.74. The molecule has 0 saturated carbocycles. The van der Waals surface area contributed by atoms with Gasteiger partial charge in [-0.3, -0.25) is 0 Å². The van der Waals surface area contributed by atoms with Crippen LogP contribution in [0.4, 0.5) is 13.2 Å². The fraction of sp³-hybridized carbons (Fsp3) is 0.100. The summed E-state index contributed by atoms with van der Waals surface area (Å²) < 4.78 is 40.7. The van der Waals surface area contributed by atoms with Gasteiger partial charge in [-0.2, -0.15) is 18.4 Å². The van der Waals surface area contributed by atoms with Crippen LogP contribution < -0.4 is 0 Å². The largest absolute Gasteiger partial charge is 0.417 e. The van der Waals surface area contributed by atoms with Gasteiger partial charge in [0, 0.05) is 15.5 Å². The maximum absolute atomic E-state index is 13.6. The Balaban J connectivity index is 2.21. The molecule has 27 heavy (non-hydrogen) atoms. The SMILES string of the molecule is Cc1ccc(Sc2nc(-c3ccccc3Cl)cc(C(F)(F)F)c2C#N)cc1. The van der Waals surface area contributed by atoms with Crippen LogP contribution >= 0.6 is 23.4 Å². The van der Waals surface area contributed by atoms with E-state index in [4.69, 9.17) is 11.6 Å². The van der Waals surface area contributed by atoms with Crippen LogP contribution in [-0.2, 0) is 6.18 Å². The summed E-state index contributed by atoms with van der Waals surface area (Å²) in [6.07, 6.45) is -4.69. The van der Waals surface area contributed by atoms with Crippen molar-refractivity contribution in [2.45, 2.75) is 23.0 Å². The lowest BCUT2D eigenvalue weighted by Gasteiger charge is -2.15. The summed E-state index contributed by atoms with van der Waals surface area (Å²) in [4.78, 5) is 5.01. The number of nitriles is 1. The summed E-state index contributed by atoms with van der Waals surface area (Å²) in [5.41, 5.74) is -0.0523. The molecule has 0 aliphatic carbocycles. The molecule has 0 unspecified atom stereocenters. The van der Waals surface area contributed by atoms with Crippen LogP contribution in [0, 0.1) is 18.3 Å². The molecule has 0 radical (unpaired) electrons. The van der Waals surface area contributed by atoms with Crippen LogP contribution in [0.2, 0.25) is 5.02 Å². The van der Waals surface area contributed by atoms with Crippen molar-refractivity contribution in [3.8, 4) is 17.3 Å². The normalized spacial score (nSPS) is 11.3. The number of halogens is 4. The van der Waals surface area contributed by atoms with Crippen molar-refractivity contribution in [2.75, 3.05) is 0 Å². The first-order chi connectivity index (χ1) is 12.8. The molecule has 136 valence electrons. The van der Waals surface area contributed by atoms with E-state index in [0.29, 0.717) is 10.5 Å². The number of nitrogens with zero attached hydrogens (tertiary/aromatic N) is 2. The second kappa shape index (κ2) is 7.63. The Morgan fingerprint density at radius 1 is 1.07 bits per heavy atom. The quantitative estimate of drug-likeness (QED) is 0.484. The molecule has 0 aliphatic heterocycles. The first kappa shape index (κ1) is 19.3. The highest BCUT2D eigenvalue weighted by atomic mass is 35.5. The lowest BCUT2D eigenvalue weighted by atomic mass is 10.1. The first-order valence-corrected chi connectivity index (χ1v) is 9.01. The monoisotopic (exact) mass is 404 g/mol. The van der Waals surface area contributed by atoms with Crippen molar-refractivity contribution in [1.29, 1.82) is 5.26 Å². The van der Waals surface area contributed by atoms with Gasteiger partial charge in [0.2, 0.25) is 0 Å². The molecule has 3 rings (SSSR count). The van der Waals surface area contributed by atoms with E-state index in [1.807, 2.05) is 19.1 Å². The molecule has 0 fully saturated rings. The van der Waals surface area contributed by atoms with Gasteiger partial charge in [0.15, 0.2) is 0 Å². The second-order valence-corrected chi connectivity index (χ2v) is 7.21. The van der Waals surface area contributed by atoms with Gasteiger partial charge in [0.05, 0.1) is 16.8 Å². The third kappa shape index (κ3) is 4.26. The summed E-state index contributed by atoms with van der Waals surface area (Å²) in [6.45, 7) is 1.91. The lowest BCUT2D eigenvalue weighted by Crippen LogP contribution is -2.10. The van der Waals surface area contributed by atoms with Crippen molar-refractivity contribution < 1.29 is 13.2 Å². The number of hydrogen-bond acceptors (Lipinski definition) is 3. The Bertz CT molecular complexity index is 1020. The van der Waals surface area contributed by atoms with Crippen molar-refractivity contribution in [3.05, 3.63) is 76.3 Å². The zero-order chi connectivity index (χ0) is 19.6. The predicted molar refractivity (Wildman–Crippen MR) is 99.7 cm³/mol. The molecular weight excluding hydrogens is 393 g/mol. The third-order valence-corrected chi connectivity index (χ3v) is 5.11. The van der Waals surface area contributed by atoms with Gasteiger partial charge in [0.25, 0.3) is 0 Å². The maximum atomic E-state index is 13.6. The Labute approximate surface area is 163 Å². The molecule has 2 aromatic carbocycles. The molecule has 1 heterocycles. The highest BCUT2D eigenvalue weighted by Gasteiger charge is 2.36. The Morgan fingerprint density at radius 2 is 1.74 bits per heavy atom. The van der Waals surface area contributed by atoms with E-state index in [1.54, 1.807) is 42.5 Å². The van der Waals surface area contributed by atoms with Crippen molar-refractivity contribution in [3.63, 3.8) is 0 Å². The van der Waals surface area contributed by atoms with Crippen LogP contribution in [0.25, 0.3) is 11.3 Å². The Hall–Kier alpha value is -2.49. The van der Waals surface area contributed by atoms with Crippen LogP contribution in [0.1, 0.15) is 16.7 Å². The summed E-state index contributed by atoms with van der Waals surface area (Å²) in [5.74, 6) is 0. The van der Waals surface area contributed by atoms with Crippen LogP contribution in [0.5, 0.6) is 0 Å². The molecule has 0 saturated heterocycles. The van der Waals surface area contributed by atoms with Gasteiger partial charge >= 0.3 is 6.18 Å². The summed E-state index contributed by atoms with van der Waals surface area (Å²) in [6, 6.07) is 16.3. The van der Waals surface area contributed by atoms with E-state index >= 15 is 0 Å². The fourth-order valence-corrected chi connectivity index (χ4v) is 3.58. The number of benzene rings is 2. The molecule has 0 atom stereocenters. The van der Waals surface area contributed by atoms with Crippen molar-refractivity contribution in [1.82, 2.24) is 4.98 Å². The number of rotatable bonds is 3. The van der Waals surface area contributed by atoms with E-state index in [1.165, 1.54) is 0 Å². The Kier molecular flexibility index (Phi) is 5.45. The predicted octanol–water partition coefficient (Wildman–Crippen LogP) is 6.75. The molecule has 0 spiro atoms. The standard InChI is InChI=1S/C20H12ClF3N2S/c1-12-6-8-13(9-7-12)27-19-15(11-25)16(20(22,23)24)10-18(26-19)14-4-2-3-5-17(14)21/h2-10H,1H3. The molecule has 2 nitrogen and oxygen atoms in total. The van der Waals surface area contributed by atoms with Gasteiger partial charge < -0.3 is 0 Å². The molecule has 0 bridgehead atoms. The summed E-state index contributed by atoms with van der Waals surface area (Å²) in [5, 5.41) is 9.65. The molecule has 1 aromatic heterocycles. The van der Waals surface area contributed by atoms with Gasteiger partial charge in [-0.05, 0) is 31.2 Å². The zero-order valence-electron chi connectivity index (χ0n) is 14.0. The van der Waals surface area contributed by atoms with Crippen LogP contribution in [0.15, 0.2) is 64.5 Å². The Morgan fingerprint density at radius 3 is 2.33 bits per heavy atom. The molecule has 7 heteroatoms. The van der Waals surface area contributed by atoms with Crippen LogP contribution in [-0.4, -0.2) is 4.98 Å². The van der Waals surface area contributed by atoms with E-state index in [-0.39, 0.29) is 15.7 Å². The van der Waals surface area contributed by atoms with E-state index in [9.17, 15) is 18.4 Å². The van der Waals surface area contributed by atoms with Gasteiger partial charge in [-0.25, -0.2) is 4.98 Å². The van der Waals surface area contributed by atoms with Crippen LogP contribution in [0.3, 0.4) is 0 Å². The minimum Gasteiger partial charge on any atom is -0.240 e. The molecule has 0 amide bonds. The van der Waals surface area contributed by atoms with Gasteiger partial charge in [-0.1, -0.05) is 59.3 Å². The fourth-order valence-electron chi connectivity index (χ4n) is 2.45. The minimum atomic E-state index is -4.69. The molecule has 0 aliphatic rings. The number of aryl methyl sites for hydroxylation is 1. The lowest BCUT2D eigenvalue weighted by molar-refractivity contribution is -0.138. The van der Waals surface area contributed by atoms with Crippen molar-refractivity contribution in [2.24, 2.45) is 0 Å². The van der Waals surface area contributed by atoms with E-state index in [0.717, 1.165) is 23.4 Å². The molecular formula is C20H12ClF3N2S. The van der Waals surface area contributed by atoms with Crippen molar-refractivity contribution >= 4 is 23.4 Å². The number of aromatic nitrogens is 1. The van der Waals surface area contributed by atoms with Gasteiger partial charge in [0.1, 0.15) is 11.1 Å². The number of alkyl halides is 3. The summed E-state index contributed by atoms with van der Waals surface area (Å²) >= 11 is 7.15. The van der Waals surface area contributed by atoms with E-state index < -0.39 is 17.3 Å². The highest BCUT2D eigenvalue weighted by Crippen LogP contribution is 2.40. The van der Waals surface area contributed by atoms with E-state index in [2.05, 4.69) is 4.98 Å². The summed E-state index contributed by atoms with van der Waals surface area (Å²) in [7, 11) is 0. The average Bonchev–Trinajstić information content (AvgIpc) is 2.62. The first-order valence-electron chi connectivity index (χ1n) is 7.81. The smallest absolute Gasteiger partial charge is 0.240 e. The minimum absolute atomic E-state index is 0.00824. The topological polar surface area (TPSA) is 36.7 Å². The molecule has 3 aromatic rings. The van der Waals surface area contributed by atoms with Gasteiger partial charge in [-0.15, -0.1) is 0 Å². The zero-order valence-corrected chi connectivity index (χ0v) is 15.6. The maximum Gasteiger partial charge on any atom is 0.417 e. The highest BCUT2D eigenvalue weighted by molar-refractivity contribution is 7.99. The average molecular weight is 405 g/mol. The number of pyridine rings is 1. The third-order valence-electron chi connectivity index (χ3n) is 3.79. The molecule has 0 N–H and O–H groups in total. The number of hydrogen-bond donors (Lipinski definition) is 0.